The van der Waals surface area contributed by atoms with E-state index in [0.717, 1.165) is 12.2 Å². The summed E-state index contributed by atoms with van der Waals surface area (Å²) in [6.07, 6.45) is 1.84. The van der Waals surface area contributed by atoms with Gasteiger partial charge in [-0.25, -0.2) is 0 Å². The normalized spacial score (nSPS) is 13.0. The number of nitrogens with zero attached hydrogens (tertiary/aromatic N) is 2. The molecule has 1 amide bonds. The highest BCUT2D eigenvalue weighted by molar-refractivity contribution is 5.98. The van der Waals surface area contributed by atoms with E-state index in [1.54, 1.807) is 6.07 Å². The van der Waals surface area contributed by atoms with E-state index in [0.29, 0.717) is 36.8 Å². The second-order valence-electron chi connectivity index (χ2n) is 4.30. The molecule has 3 rings (SSSR count). The van der Waals surface area contributed by atoms with Gasteiger partial charge in [0, 0.05) is 19.5 Å². The number of amides is 1. The van der Waals surface area contributed by atoms with Crippen LogP contribution in [0.25, 0.3) is 0 Å². The molecular formula is C13H14N4O3. The first-order valence-corrected chi connectivity index (χ1v) is 6.38. The molecule has 0 spiro atoms. The Morgan fingerprint density at radius 2 is 2.40 bits per heavy atom. The molecule has 0 saturated heterocycles. The van der Waals surface area contributed by atoms with Crippen molar-refractivity contribution >= 4 is 11.6 Å². The SMILES string of the molecule is O=C(NCCc1ncno1)c1cccc2c1OCCN2. The summed E-state index contributed by atoms with van der Waals surface area (Å²) < 4.78 is 10.4. The zero-order valence-corrected chi connectivity index (χ0v) is 10.8. The summed E-state index contributed by atoms with van der Waals surface area (Å²) >= 11 is 0. The lowest BCUT2D eigenvalue weighted by molar-refractivity contribution is 0.0949. The standard InChI is InChI=1S/C13H14N4O3/c18-13(15-5-4-11-16-8-17-20-11)9-2-1-3-10-12(9)19-7-6-14-10/h1-3,8,14H,4-7H2,(H,15,18). The third-order valence-electron chi connectivity index (χ3n) is 2.95. The lowest BCUT2D eigenvalue weighted by atomic mass is 10.1. The van der Waals surface area contributed by atoms with E-state index in [2.05, 4.69) is 20.8 Å². The molecule has 2 heterocycles. The van der Waals surface area contributed by atoms with Gasteiger partial charge in [0.2, 0.25) is 5.89 Å². The highest BCUT2D eigenvalue weighted by Gasteiger charge is 2.18. The van der Waals surface area contributed by atoms with Gasteiger partial charge >= 0.3 is 0 Å². The van der Waals surface area contributed by atoms with Gasteiger partial charge in [-0.15, -0.1) is 0 Å². The quantitative estimate of drug-likeness (QED) is 0.859. The van der Waals surface area contributed by atoms with Gasteiger partial charge in [0.25, 0.3) is 5.91 Å². The fourth-order valence-electron chi connectivity index (χ4n) is 2.03. The summed E-state index contributed by atoms with van der Waals surface area (Å²) in [6, 6.07) is 5.46. The molecule has 20 heavy (non-hydrogen) atoms. The van der Waals surface area contributed by atoms with E-state index in [4.69, 9.17) is 9.26 Å². The fraction of sp³-hybridized carbons (Fsp3) is 0.308. The summed E-state index contributed by atoms with van der Waals surface area (Å²) in [4.78, 5) is 16.1. The van der Waals surface area contributed by atoms with Crippen molar-refractivity contribution in [1.29, 1.82) is 0 Å². The van der Waals surface area contributed by atoms with Crippen molar-refractivity contribution in [2.24, 2.45) is 0 Å². The first-order valence-electron chi connectivity index (χ1n) is 6.38. The third-order valence-corrected chi connectivity index (χ3v) is 2.95. The maximum Gasteiger partial charge on any atom is 0.255 e. The maximum absolute atomic E-state index is 12.2. The van der Waals surface area contributed by atoms with E-state index in [1.807, 2.05) is 12.1 Å². The summed E-state index contributed by atoms with van der Waals surface area (Å²) in [5, 5.41) is 9.52. The number of anilines is 1. The average molecular weight is 274 g/mol. The fourth-order valence-corrected chi connectivity index (χ4v) is 2.03. The van der Waals surface area contributed by atoms with Crippen molar-refractivity contribution < 1.29 is 14.1 Å². The van der Waals surface area contributed by atoms with Crippen LogP contribution in [0.15, 0.2) is 29.0 Å². The molecule has 7 heteroatoms. The number of ether oxygens (including phenoxy) is 1. The van der Waals surface area contributed by atoms with Crippen LogP contribution < -0.4 is 15.4 Å². The van der Waals surface area contributed by atoms with Crippen LogP contribution in [0.5, 0.6) is 5.75 Å². The molecule has 104 valence electrons. The number of fused-ring (bicyclic) bond motifs is 1. The molecule has 1 aromatic carbocycles. The van der Waals surface area contributed by atoms with Gasteiger partial charge in [-0.1, -0.05) is 11.2 Å². The minimum Gasteiger partial charge on any atom is -0.489 e. The number of nitrogens with one attached hydrogen (secondary N) is 2. The van der Waals surface area contributed by atoms with E-state index in [-0.39, 0.29) is 5.91 Å². The molecule has 1 aliphatic rings. The summed E-state index contributed by atoms with van der Waals surface area (Å²) in [7, 11) is 0. The van der Waals surface area contributed by atoms with Gasteiger partial charge in [0.1, 0.15) is 6.61 Å². The molecule has 1 aromatic heterocycles. The molecule has 0 radical (unpaired) electrons. The number of hydrogen-bond donors (Lipinski definition) is 2. The van der Waals surface area contributed by atoms with Crippen LogP contribution in [0.4, 0.5) is 5.69 Å². The van der Waals surface area contributed by atoms with Crippen LogP contribution in [-0.2, 0) is 6.42 Å². The molecule has 1 aliphatic heterocycles. The first-order chi connectivity index (χ1) is 9.84. The van der Waals surface area contributed by atoms with E-state index >= 15 is 0 Å². The molecule has 0 saturated carbocycles. The molecular weight excluding hydrogens is 260 g/mol. The van der Waals surface area contributed by atoms with Gasteiger partial charge in [-0.3, -0.25) is 4.79 Å². The van der Waals surface area contributed by atoms with Crippen molar-refractivity contribution in [2.45, 2.75) is 6.42 Å². The second kappa shape index (κ2) is 5.60. The Morgan fingerprint density at radius 3 is 3.25 bits per heavy atom. The molecule has 0 aliphatic carbocycles. The van der Waals surface area contributed by atoms with Crippen molar-refractivity contribution in [2.75, 3.05) is 25.0 Å². The Hall–Kier alpha value is -2.57. The minimum atomic E-state index is -0.176. The van der Waals surface area contributed by atoms with E-state index < -0.39 is 0 Å². The van der Waals surface area contributed by atoms with Gasteiger partial charge in [-0.2, -0.15) is 4.98 Å². The van der Waals surface area contributed by atoms with Crippen molar-refractivity contribution in [3.8, 4) is 5.75 Å². The largest absolute Gasteiger partial charge is 0.489 e. The molecule has 2 aromatic rings. The Balaban J connectivity index is 1.65. The summed E-state index contributed by atoms with van der Waals surface area (Å²) in [5.41, 5.74) is 1.38. The third kappa shape index (κ3) is 2.56. The zero-order chi connectivity index (χ0) is 13.8. The Bertz CT molecular complexity index is 598. The maximum atomic E-state index is 12.2. The Kier molecular flexibility index (Phi) is 3.49. The monoisotopic (exact) mass is 274 g/mol. The number of benzene rings is 1. The van der Waals surface area contributed by atoms with E-state index in [9.17, 15) is 4.79 Å². The van der Waals surface area contributed by atoms with Crippen LogP contribution in [-0.4, -0.2) is 35.7 Å². The number of carbonyl (C=O) groups excluding carboxylic acids is 1. The Labute approximate surface area is 115 Å². The molecule has 0 unspecified atom stereocenters. The molecule has 2 N–H and O–H groups in total. The molecule has 0 fully saturated rings. The van der Waals surface area contributed by atoms with Crippen LogP contribution in [0.1, 0.15) is 16.2 Å². The number of carbonyl (C=O) groups is 1. The van der Waals surface area contributed by atoms with Crippen molar-refractivity contribution in [3.63, 3.8) is 0 Å². The molecule has 7 nitrogen and oxygen atoms in total. The zero-order valence-electron chi connectivity index (χ0n) is 10.8. The molecule has 0 atom stereocenters. The summed E-state index contributed by atoms with van der Waals surface area (Å²) in [6.45, 7) is 1.73. The van der Waals surface area contributed by atoms with Gasteiger partial charge in [0.05, 0.1) is 11.3 Å². The minimum absolute atomic E-state index is 0.176. The second-order valence-corrected chi connectivity index (χ2v) is 4.30. The number of aromatic nitrogens is 2. The highest BCUT2D eigenvalue weighted by atomic mass is 16.5. The van der Waals surface area contributed by atoms with Gasteiger partial charge < -0.3 is 19.9 Å². The van der Waals surface area contributed by atoms with Gasteiger partial charge in [0.15, 0.2) is 12.1 Å². The van der Waals surface area contributed by atoms with Crippen LogP contribution in [0.3, 0.4) is 0 Å². The number of rotatable bonds is 4. The summed E-state index contributed by atoms with van der Waals surface area (Å²) in [5.74, 6) is 0.928. The highest BCUT2D eigenvalue weighted by Crippen LogP contribution is 2.30. The Morgan fingerprint density at radius 1 is 1.45 bits per heavy atom. The van der Waals surface area contributed by atoms with Crippen LogP contribution in [0.2, 0.25) is 0 Å². The lowest BCUT2D eigenvalue weighted by Gasteiger charge is -2.21. The average Bonchev–Trinajstić information content (AvgIpc) is 3.00. The van der Waals surface area contributed by atoms with Crippen LogP contribution >= 0.6 is 0 Å². The van der Waals surface area contributed by atoms with Gasteiger partial charge in [-0.05, 0) is 12.1 Å². The van der Waals surface area contributed by atoms with Crippen molar-refractivity contribution in [1.82, 2.24) is 15.5 Å². The van der Waals surface area contributed by atoms with Crippen molar-refractivity contribution in [3.05, 3.63) is 36.0 Å². The first kappa shape index (κ1) is 12.5. The topological polar surface area (TPSA) is 89.3 Å². The lowest BCUT2D eigenvalue weighted by Crippen LogP contribution is -2.28. The van der Waals surface area contributed by atoms with E-state index in [1.165, 1.54) is 6.33 Å². The predicted octanol–water partition coefficient (Wildman–Crippen LogP) is 0.846. The molecule has 0 bridgehead atoms. The number of para-hydroxylation sites is 1. The smallest absolute Gasteiger partial charge is 0.255 e. The predicted molar refractivity (Wildman–Crippen MR) is 70.8 cm³/mol. The number of hydrogen-bond acceptors (Lipinski definition) is 6. The van der Waals surface area contributed by atoms with Crippen LogP contribution in [0, 0.1) is 0 Å².